The minimum atomic E-state index is -0.414. The maximum absolute atomic E-state index is 11.4. The van der Waals surface area contributed by atoms with Gasteiger partial charge in [-0.2, -0.15) is 11.3 Å². The second-order valence-corrected chi connectivity index (χ2v) is 4.15. The lowest BCUT2D eigenvalue weighted by atomic mass is 10.2. The van der Waals surface area contributed by atoms with Gasteiger partial charge in [-0.15, -0.1) is 0 Å². The third kappa shape index (κ3) is 3.29. The van der Waals surface area contributed by atoms with Crippen LogP contribution in [0.5, 0.6) is 0 Å². The average molecular weight is 250 g/mol. The Morgan fingerprint density at radius 2 is 2.24 bits per heavy atom. The number of Topliss-reactive ketones (excluding diaryl/α,β-unsaturated/α-hetero) is 1. The van der Waals surface area contributed by atoms with E-state index in [1.54, 1.807) is 6.07 Å². The Balaban J connectivity index is 1.79. The number of thiophene rings is 1. The number of furan rings is 1. The van der Waals surface area contributed by atoms with E-state index in [-0.39, 0.29) is 24.6 Å². The molecular weight excluding hydrogens is 240 g/mol. The molecule has 17 heavy (non-hydrogen) atoms. The van der Waals surface area contributed by atoms with Crippen molar-refractivity contribution < 1.29 is 18.7 Å². The summed E-state index contributed by atoms with van der Waals surface area (Å²) in [4.78, 5) is 22.8. The first-order valence-corrected chi connectivity index (χ1v) is 5.93. The van der Waals surface area contributed by atoms with Gasteiger partial charge in [0.05, 0.1) is 12.7 Å². The summed E-state index contributed by atoms with van der Waals surface area (Å²) in [6.45, 7) is -0.281. The minimum absolute atomic E-state index is 0.189. The van der Waals surface area contributed by atoms with Crippen LogP contribution in [-0.4, -0.2) is 18.4 Å². The van der Waals surface area contributed by atoms with Crippen LogP contribution in [-0.2, 0) is 16.0 Å². The van der Waals surface area contributed by atoms with Crippen molar-refractivity contribution in [3.05, 3.63) is 46.5 Å². The van der Waals surface area contributed by atoms with E-state index in [0.29, 0.717) is 0 Å². The van der Waals surface area contributed by atoms with Gasteiger partial charge in [-0.1, -0.05) is 0 Å². The molecule has 0 spiro atoms. The Morgan fingerprint density at radius 1 is 1.35 bits per heavy atom. The summed E-state index contributed by atoms with van der Waals surface area (Å²) in [6.07, 6.45) is 1.59. The van der Waals surface area contributed by atoms with Gasteiger partial charge in [0.1, 0.15) is 0 Å². The van der Waals surface area contributed by atoms with Gasteiger partial charge in [0.25, 0.3) is 0 Å². The molecule has 88 valence electrons. The highest BCUT2D eigenvalue weighted by Crippen LogP contribution is 2.07. The number of hydrogen-bond acceptors (Lipinski definition) is 5. The van der Waals surface area contributed by atoms with Crippen LogP contribution >= 0.6 is 11.3 Å². The quantitative estimate of drug-likeness (QED) is 0.603. The maximum Gasteiger partial charge on any atom is 0.310 e. The van der Waals surface area contributed by atoms with Crippen LogP contribution in [0.1, 0.15) is 16.1 Å². The van der Waals surface area contributed by atoms with Crippen molar-refractivity contribution in [1.29, 1.82) is 0 Å². The van der Waals surface area contributed by atoms with Gasteiger partial charge in [0, 0.05) is 0 Å². The van der Waals surface area contributed by atoms with E-state index in [9.17, 15) is 9.59 Å². The molecule has 0 amide bonds. The Labute approximate surface area is 102 Å². The number of hydrogen-bond donors (Lipinski definition) is 0. The molecule has 2 heterocycles. The van der Waals surface area contributed by atoms with E-state index < -0.39 is 5.97 Å². The maximum atomic E-state index is 11.4. The Bertz CT molecular complexity index is 485. The number of ether oxygens (including phenoxy) is 1. The fourth-order valence-electron chi connectivity index (χ4n) is 1.27. The molecule has 4 nitrogen and oxygen atoms in total. The van der Waals surface area contributed by atoms with Gasteiger partial charge >= 0.3 is 5.97 Å². The second kappa shape index (κ2) is 5.45. The smallest absolute Gasteiger partial charge is 0.310 e. The standard InChI is InChI=1S/C12H10O4S/c13-10(11-2-1-4-15-11)7-16-12(14)6-9-3-5-17-8-9/h1-5,8H,6-7H2. The lowest BCUT2D eigenvalue weighted by Gasteiger charge is -2.01. The van der Waals surface area contributed by atoms with E-state index >= 15 is 0 Å². The summed E-state index contributed by atoms with van der Waals surface area (Å²) in [5, 5.41) is 3.76. The van der Waals surface area contributed by atoms with Crippen LogP contribution in [0.25, 0.3) is 0 Å². The molecular formula is C12H10O4S. The van der Waals surface area contributed by atoms with Crippen LogP contribution in [0.3, 0.4) is 0 Å². The fourth-order valence-corrected chi connectivity index (χ4v) is 1.93. The molecule has 2 aromatic heterocycles. The minimum Gasteiger partial charge on any atom is -0.461 e. The van der Waals surface area contributed by atoms with Crippen LogP contribution in [0, 0.1) is 0 Å². The molecule has 0 saturated heterocycles. The zero-order valence-electron chi connectivity index (χ0n) is 8.92. The van der Waals surface area contributed by atoms with Crippen molar-refractivity contribution in [1.82, 2.24) is 0 Å². The van der Waals surface area contributed by atoms with Crippen LogP contribution in [0.2, 0.25) is 0 Å². The second-order valence-electron chi connectivity index (χ2n) is 3.37. The summed E-state index contributed by atoms with van der Waals surface area (Å²) in [6, 6.07) is 5.00. The van der Waals surface area contributed by atoms with E-state index in [4.69, 9.17) is 9.15 Å². The summed E-state index contributed by atoms with van der Waals surface area (Å²) in [7, 11) is 0. The van der Waals surface area contributed by atoms with Gasteiger partial charge in [0.2, 0.25) is 5.78 Å². The average Bonchev–Trinajstić information content (AvgIpc) is 2.97. The largest absolute Gasteiger partial charge is 0.461 e. The normalized spacial score (nSPS) is 10.1. The highest BCUT2D eigenvalue weighted by Gasteiger charge is 2.12. The highest BCUT2D eigenvalue weighted by molar-refractivity contribution is 7.07. The predicted molar refractivity (Wildman–Crippen MR) is 62.0 cm³/mol. The Hall–Kier alpha value is -1.88. The molecule has 0 aliphatic rings. The van der Waals surface area contributed by atoms with Gasteiger partial charge in [-0.25, -0.2) is 0 Å². The van der Waals surface area contributed by atoms with Gasteiger partial charge in [-0.05, 0) is 34.5 Å². The molecule has 0 saturated carbocycles. The summed E-state index contributed by atoms with van der Waals surface area (Å²) >= 11 is 1.51. The van der Waals surface area contributed by atoms with Crippen molar-refractivity contribution in [2.75, 3.05) is 6.61 Å². The molecule has 0 atom stereocenters. The lowest BCUT2D eigenvalue weighted by molar-refractivity contribution is -0.141. The third-order valence-electron chi connectivity index (χ3n) is 2.09. The van der Waals surface area contributed by atoms with Crippen molar-refractivity contribution in [2.45, 2.75) is 6.42 Å². The first-order valence-electron chi connectivity index (χ1n) is 4.99. The number of rotatable bonds is 5. The Kier molecular flexibility index (Phi) is 3.72. The Morgan fingerprint density at radius 3 is 2.88 bits per heavy atom. The molecule has 0 aromatic carbocycles. The SMILES string of the molecule is O=C(Cc1ccsc1)OCC(=O)c1ccco1. The van der Waals surface area contributed by atoms with E-state index in [1.165, 1.54) is 23.7 Å². The van der Waals surface area contributed by atoms with Crippen LogP contribution in [0.15, 0.2) is 39.6 Å². The number of carbonyl (C=O) groups excluding carboxylic acids is 2. The molecule has 0 N–H and O–H groups in total. The summed E-state index contributed by atoms with van der Waals surface area (Å²) < 4.78 is 9.75. The zero-order chi connectivity index (χ0) is 12.1. The number of ketones is 1. The van der Waals surface area contributed by atoms with Crippen LogP contribution in [0.4, 0.5) is 0 Å². The van der Waals surface area contributed by atoms with Crippen molar-refractivity contribution in [3.63, 3.8) is 0 Å². The van der Waals surface area contributed by atoms with E-state index in [2.05, 4.69) is 0 Å². The van der Waals surface area contributed by atoms with Gasteiger partial charge in [-0.3, -0.25) is 9.59 Å². The van der Waals surface area contributed by atoms with Crippen LogP contribution < -0.4 is 0 Å². The number of carbonyl (C=O) groups is 2. The molecule has 0 bridgehead atoms. The van der Waals surface area contributed by atoms with E-state index in [0.717, 1.165) is 5.56 Å². The molecule has 0 unspecified atom stereocenters. The molecule has 5 heteroatoms. The fraction of sp³-hybridized carbons (Fsp3) is 0.167. The van der Waals surface area contributed by atoms with Crippen molar-refractivity contribution in [3.8, 4) is 0 Å². The van der Waals surface area contributed by atoms with Gasteiger partial charge < -0.3 is 9.15 Å². The molecule has 0 fully saturated rings. The zero-order valence-corrected chi connectivity index (χ0v) is 9.74. The summed E-state index contributed by atoms with van der Waals surface area (Å²) in [5.41, 5.74) is 0.894. The molecule has 0 radical (unpaired) electrons. The molecule has 0 aliphatic carbocycles. The first-order chi connectivity index (χ1) is 8.25. The van der Waals surface area contributed by atoms with E-state index in [1.807, 2.05) is 16.8 Å². The van der Waals surface area contributed by atoms with Crippen molar-refractivity contribution in [2.24, 2.45) is 0 Å². The topological polar surface area (TPSA) is 56.5 Å². The number of esters is 1. The summed E-state index contributed by atoms with van der Waals surface area (Å²) in [5.74, 6) is -0.551. The van der Waals surface area contributed by atoms with Crippen molar-refractivity contribution >= 4 is 23.1 Å². The molecule has 0 aliphatic heterocycles. The molecule has 2 aromatic rings. The monoisotopic (exact) mass is 250 g/mol. The predicted octanol–water partition coefficient (Wildman–Crippen LogP) is 2.31. The first kappa shape index (κ1) is 11.6. The lowest BCUT2D eigenvalue weighted by Crippen LogP contribution is -2.15. The third-order valence-corrected chi connectivity index (χ3v) is 2.82. The molecule has 2 rings (SSSR count). The highest BCUT2D eigenvalue weighted by atomic mass is 32.1. The van der Waals surface area contributed by atoms with Gasteiger partial charge in [0.15, 0.2) is 12.4 Å².